The van der Waals surface area contributed by atoms with Crippen molar-refractivity contribution in [3.05, 3.63) is 24.3 Å². The van der Waals surface area contributed by atoms with E-state index >= 15 is 0 Å². The molecule has 24 heavy (non-hydrogen) atoms. The van der Waals surface area contributed by atoms with Crippen molar-refractivity contribution >= 4 is 11.9 Å². The van der Waals surface area contributed by atoms with Crippen molar-refractivity contribution in [2.24, 2.45) is 11.8 Å². The van der Waals surface area contributed by atoms with E-state index < -0.39 is 0 Å². The standard InChI is InChI=1S/C20H30O4/c1-5-7-9-15(3)19(21)23-17-11-13-18(14-12-17)24-20(22)16(4)10-8-6-2/h11-16H,5-10H2,1-4H3. The number of benzene rings is 1. The van der Waals surface area contributed by atoms with Crippen molar-refractivity contribution in [1.29, 1.82) is 0 Å². The van der Waals surface area contributed by atoms with E-state index in [0.29, 0.717) is 11.5 Å². The van der Waals surface area contributed by atoms with Gasteiger partial charge in [0.05, 0.1) is 11.8 Å². The molecule has 4 heteroatoms. The van der Waals surface area contributed by atoms with Crippen LogP contribution in [0.15, 0.2) is 24.3 Å². The van der Waals surface area contributed by atoms with E-state index in [4.69, 9.17) is 9.47 Å². The van der Waals surface area contributed by atoms with Gasteiger partial charge in [0.1, 0.15) is 11.5 Å². The molecular weight excluding hydrogens is 304 g/mol. The maximum atomic E-state index is 12.0. The topological polar surface area (TPSA) is 52.6 Å². The fourth-order valence-electron chi connectivity index (χ4n) is 2.27. The summed E-state index contributed by atoms with van der Waals surface area (Å²) >= 11 is 0. The zero-order chi connectivity index (χ0) is 17.9. The third-order valence-corrected chi connectivity index (χ3v) is 4.05. The number of rotatable bonds is 10. The molecule has 0 aliphatic heterocycles. The Kier molecular flexibility index (Phi) is 9.13. The van der Waals surface area contributed by atoms with E-state index in [1.54, 1.807) is 24.3 Å². The smallest absolute Gasteiger partial charge is 0.314 e. The molecule has 0 aliphatic carbocycles. The largest absolute Gasteiger partial charge is 0.426 e. The first-order valence-electron chi connectivity index (χ1n) is 9.01. The molecule has 0 aliphatic rings. The molecule has 0 bridgehead atoms. The first kappa shape index (κ1) is 20.2. The van der Waals surface area contributed by atoms with Crippen LogP contribution in [0.5, 0.6) is 11.5 Å². The minimum atomic E-state index is -0.221. The lowest BCUT2D eigenvalue weighted by Crippen LogP contribution is -2.18. The lowest BCUT2D eigenvalue weighted by molar-refractivity contribution is -0.139. The second-order valence-electron chi connectivity index (χ2n) is 6.40. The number of hydrogen-bond donors (Lipinski definition) is 0. The number of carbonyl (C=O) groups excluding carboxylic acids is 2. The van der Waals surface area contributed by atoms with Crippen LogP contribution in [0, 0.1) is 11.8 Å². The van der Waals surface area contributed by atoms with Gasteiger partial charge in [0, 0.05) is 0 Å². The molecule has 0 fully saturated rings. The Morgan fingerprint density at radius 1 is 0.792 bits per heavy atom. The van der Waals surface area contributed by atoms with Gasteiger partial charge in [-0.05, 0) is 37.1 Å². The molecule has 0 N–H and O–H groups in total. The predicted octanol–water partition coefficient (Wildman–Crippen LogP) is 5.15. The van der Waals surface area contributed by atoms with Crippen molar-refractivity contribution in [3.63, 3.8) is 0 Å². The summed E-state index contributed by atoms with van der Waals surface area (Å²) in [5, 5.41) is 0. The van der Waals surface area contributed by atoms with Crippen LogP contribution in [0.3, 0.4) is 0 Å². The molecule has 2 atom stereocenters. The van der Waals surface area contributed by atoms with Gasteiger partial charge in [0.25, 0.3) is 0 Å². The molecule has 0 aromatic heterocycles. The number of ether oxygens (including phenoxy) is 2. The highest BCUT2D eigenvalue weighted by atomic mass is 16.5. The van der Waals surface area contributed by atoms with Crippen molar-refractivity contribution < 1.29 is 19.1 Å². The van der Waals surface area contributed by atoms with Gasteiger partial charge in [-0.15, -0.1) is 0 Å². The van der Waals surface area contributed by atoms with Gasteiger partial charge in [0.2, 0.25) is 0 Å². The van der Waals surface area contributed by atoms with Gasteiger partial charge in [-0.1, -0.05) is 53.4 Å². The van der Waals surface area contributed by atoms with E-state index in [-0.39, 0.29) is 23.8 Å². The average Bonchev–Trinajstić information content (AvgIpc) is 2.58. The highest BCUT2D eigenvalue weighted by Gasteiger charge is 2.16. The molecule has 0 heterocycles. The maximum Gasteiger partial charge on any atom is 0.314 e. The molecule has 0 radical (unpaired) electrons. The van der Waals surface area contributed by atoms with Gasteiger partial charge < -0.3 is 9.47 Å². The molecule has 1 aromatic rings. The summed E-state index contributed by atoms with van der Waals surface area (Å²) in [6.07, 6.45) is 5.83. The predicted molar refractivity (Wildman–Crippen MR) is 95.1 cm³/mol. The Morgan fingerprint density at radius 2 is 1.12 bits per heavy atom. The van der Waals surface area contributed by atoms with Gasteiger partial charge in [-0.3, -0.25) is 9.59 Å². The van der Waals surface area contributed by atoms with Gasteiger partial charge in [-0.2, -0.15) is 0 Å². The van der Waals surface area contributed by atoms with Crippen LogP contribution in [-0.4, -0.2) is 11.9 Å². The Morgan fingerprint density at radius 3 is 1.42 bits per heavy atom. The summed E-state index contributed by atoms with van der Waals surface area (Å²) in [5.41, 5.74) is 0. The quantitative estimate of drug-likeness (QED) is 0.438. The molecule has 2 unspecified atom stereocenters. The zero-order valence-electron chi connectivity index (χ0n) is 15.3. The fourth-order valence-corrected chi connectivity index (χ4v) is 2.27. The van der Waals surface area contributed by atoms with Gasteiger partial charge in [0.15, 0.2) is 0 Å². The molecule has 1 rings (SSSR count). The molecule has 134 valence electrons. The molecule has 0 spiro atoms. The lowest BCUT2D eigenvalue weighted by Gasteiger charge is -2.12. The summed E-state index contributed by atoms with van der Waals surface area (Å²) in [6, 6.07) is 6.63. The minimum absolute atomic E-state index is 0.109. The van der Waals surface area contributed by atoms with Crippen LogP contribution in [0.1, 0.15) is 66.2 Å². The first-order chi connectivity index (χ1) is 11.5. The summed E-state index contributed by atoms with van der Waals surface area (Å²) in [5.74, 6) is 0.288. The maximum absolute atomic E-state index is 12.0. The number of esters is 2. The SMILES string of the molecule is CCCCC(C)C(=O)Oc1ccc(OC(=O)C(C)CCCC)cc1. The van der Waals surface area contributed by atoms with Crippen LogP contribution in [-0.2, 0) is 9.59 Å². The highest BCUT2D eigenvalue weighted by Crippen LogP contribution is 2.21. The van der Waals surface area contributed by atoms with Crippen molar-refractivity contribution in [1.82, 2.24) is 0 Å². The number of carbonyl (C=O) groups is 2. The van der Waals surface area contributed by atoms with E-state index in [1.165, 1.54) is 0 Å². The lowest BCUT2D eigenvalue weighted by atomic mass is 10.1. The van der Waals surface area contributed by atoms with E-state index in [9.17, 15) is 9.59 Å². The summed E-state index contributed by atoms with van der Waals surface area (Å²) in [6.45, 7) is 7.96. The van der Waals surface area contributed by atoms with Gasteiger partial charge >= 0.3 is 11.9 Å². The zero-order valence-corrected chi connectivity index (χ0v) is 15.3. The van der Waals surface area contributed by atoms with Crippen molar-refractivity contribution in [2.75, 3.05) is 0 Å². The Labute approximate surface area is 145 Å². The van der Waals surface area contributed by atoms with Gasteiger partial charge in [-0.25, -0.2) is 0 Å². The van der Waals surface area contributed by atoms with Crippen LogP contribution >= 0.6 is 0 Å². The normalized spacial score (nSPS) is 13.2. The Balaban J connectivity index is 2.50. The third-order valence-electron chi connectivity index (χ3n) is 4.05. The Bertz CT molecular complexity index is 460. The van der Waals surface area contributed by atoms with Crippen LogP contribution in [0.4, 0.5) is 0 Å². The molecule has 4 nitrogen and oxygen atoms in total. The number of unbranched alkanes of at least 4 members (excludes halogenated alkanes) is 2. The highest BCUT2D eigenvalue weighted by molar-refractivity contribution is 5.75. The van der Waals surface area contributed by atoms with Crippen LogP contribution in [0.25, 0.3) is 0 Å². The summed E-state index contributed by atoms with van der Waals surface area (Å²) in [4.78, 5) is 23.9. The second kappa shape index (κ2) is 10.8. The summed E-state index contributed by atoms with van der Waals surface area (Å²) in [7, 11) is 0. The molecule has 1 aromatic carbocycles. The molecule has 0 saturated carbocycles. The number of hydrogen-bond acceptors (Lipinski definition) is 4. The summed E-state index contributed by atoms with van der Waals surface area (Å²) < 4.78 is 10.7. The minimum Gasteiger partial charge on any atom is -0.426 e. The van der Waals surface area contributed by atoms with Crippen LogP contribution in [0.2, 0.25) is 0 Å². The third kappa shape index (κ3) is 7.16. The monoisotopic (exact) mass is 334 g/mol. The van der Waals surface area contributed by atoms with E-state index in [2.05, 4.69) is 13.8 Å². The average molecular weight is 334 g/mol. The van der Waals surface area contributed by atoms with E-state index in [1.807, 2.05) is 13.8 Å². The molecule has 0 amide bonds. The molecular formula is C20H30O4. The Hall–Kier alpha value is -1.84. The second-order valence-corrected chi connectivity index (χ2v) is 6.40. The van der Waals surface area contributed by atoms with Crippen molar-refractivity contribution in [3.8, 4) is 11.5 Å². The van der Waals surface area contributed by atoms with Crippen LogP contribution < -0.4 is 9.47 Å². The molecule has 0 saturated heterocycles. The fraction of sp³-hybridized carbons (Fsp3) is 0.600. The van der Waals surface area contributed by atoms with E-state index in [0.717, 1.165) is 38.5 Å². The van der Waals surface area contributed by atoms with Crippen molar-refractivity contribution in [2.45, 2.75) is 66.2 Å². The first-order valence-corrected chi connectivity index (χ1v) is 9.01.